The van der Waals surface area contributed by atoms with Crippen molar-refractivity contribution in [1.29, 1.82) is 0 Å². The molecule has 0 N–H and O–H groups in total. The van der Waals surface area contributed by atoms with Crippen molar-refractivity contribution in [3.05, 3.63) is 70.3 Å². The summed E-state index contributed by atoms with van der Waals surface area (Å²) < 4.78 is 0. The topological polar surface area (TPSA) is 57.7 Å². The number of carbonyl (C=O) groups is 3. The van der Waals surface area contributed by atoms with Gasteiger partial charge in [-0.3, -0.25) is 19.3 Å². The van der Waals surface area contributed by atoms with E-state index in [2.05, 4.69) is 0 Å². The average molecular weight is 350 g/mol. The molecule has 0 fully saturated rings. The number of carbonyl (C=O) groups excluding carboxylic acids is 3. The summed E-state index contributed by atoms with van der Waals surface area (Å²) in [7, 11) is 1.73. The number of aryl methyl sites for hydroxylation is 2. The van der Waals surface area contributed by atoms with Gasteiger partial charge in [-0.25, -0.2) is 0 Å². The Bertz CT molecular complexity index is 871. The van der Waals surface area contributed by atoms with E-state index in [9.17, 15) is 14.4 Å². The quantitative estimate of drug-likeness (QED) is 0.779. The minimum atomic E-state index is -0.320. The number of hydrogen-bond acceptors (Lipinski definition) is 3. The highest BCUT2D eigenvalue weighted by atomic mass is 16.2. The molecule has 1 aliphatic heterocycles. The molecular weight excluding hydrogens is 328 g/mol. The van der Waals surface area contributed by atoms with Gasteiger partial charge in [0, 0.05) is 26.6 Å². The first-order valence-electron chi connectivity index (χ1n) is 8.63. The molecule has 26 heavy (non-hydrogen) atoms. The van der Waals surface area contributed by atoms with E-state index in [1.54, 1.807) is 24.1 Å². The van der Waals surface area contributed by atoms with Gasteiger partial charge in [-0.2, -0.15) is 0 Å². The first kappa shape index (κ1) is 17.9. The lowest BCUT2D eigenvalue weighted by atomic mass is 10.1. The van der Waals surface area contributed by atoms with Crippen molar-refractivity contribution in [2.75, 3.05) is 13.6 Å². The zero-order valence-corrected chi connectivity index (χ0v) is 15.3. The van der Waals surface area contributed by atoms with Crippen LogP contribution in [0.3, 0.4) is 0 Å². The highest BCUT2D eigenvalue weighted by molar-refractivity contribution is 6.21. The van der Waals surface area contributed by atoms with E-state index in [-0.39, 0.29) is 30.7 Å². The van der Waals surface area contributed by atoms with Crippen LogP contribution in [0.5, 0.6) is 0 Å². The molecule has 134 valence electrons. The highest BCUT2D eigenvalue weighted by Gasteiger charge is 2.35. The molecule has 0 aromatic heterocycles. The lowest BCUT2D eigenvalue weighted by Gasteiger charge is -2.19. The predicted molar refractivity (Wildman–Crippen MR) is 98.8 cm³/mol. The third-order valence-electron chi connectivity index (χ3n) is 4.64. The maximum atomic E-state index is 12.4. The van der Waals surface area contributed by atoms with Gasteiger partial charge >= 0.3 is 0 Å². The molecule has 0 saturated heterocycles. The predicted octanol–water partition coefficient (Wildman–Crippen LogP) is 2.95. The number of nitrogens with zero attached hydrogens (tertiary/aromatic N) is 2. The molecule has 0 unspecified atom stereocenters. The molecule has 0 radical (unpaired) electrons. The van der Waals surface area contributed by atoms with Gasteiger partial charge in [0.15, 0.2) is 0 Å². The van der Waals surface area contributed by atoms with Gasteiger partial charge in [-0.15, -0.1) is 0 Å². The fourth-order valence-corrected chi connectivity index (χ4v) is 3.06. The van der Waals surface area contributed by atoms with Gasteiger partial charge in [-0.05, 0) is 31.5 Å². The smallest absolute Gasteiger partial charge is 0.261 e. The Kier molecular flexibility index (Phi) is 4.89. The fraction of sp³-hybridized carbons (Fsp3) is 0.286. The van der Waals surface area contributed by atoms with Gasteiger partial charge in [0.1, 0.15) is 0 Å². The van der Waals surface area contributed by atoms with Crippen molar-refractivity contribution >= 4 is 17.7 Å². The zero-order chi connectivity index (χ0) is 18.8. The summed E-state index contributed by atoms with van der Waals surface area (Å²) in [4.78, 5) is 40.0. The van der Waals surface area contributed by atoms with E-state index in [4.69, 9.17) is 0 Å². The number of fused-ring (bicyclic) bond motifs is 1. The number of imide groups is 1. The Balaban J connectivity index is 1.60. The largest absolute Gasteiger partial charge is 0.341 e. The number of hydrogen-bond donors (Lipinski definition) is 0. The van der Waals surface area contributed by atoms with Crippen LogP contribution in [0.2, 0.25) is 0 Å². The van der Waals surface area contributed by atoms with E-state index in [0.717, 1.165) is 11.1 Å². The average Bonchev–Trinajstić information content (AvgIpc) is 2.85. The fourth-order valence-electron chi connectivity index (χ4n) is 3.06. The van der Waals surface area contributed by atoms with Crippen LogP contribution in [0.15, 0.2) is 42.5 Å². The van der Waals surface area contributed by atoms with Crippen molar-refractivity contribution in [2.24, 2.45) is 0 Å². The summed E-state index contributed by atoms with van der Waals surface area (Å²) in [5.41, 5.74) is 3.99. The van der Waals surface area contributed by atoms with Crippen LogP contribution < -0.4 is 0 Å². The Hall–Kier alpha value is -2.95. The van der Waals surface area contributed by atoms with Crippen LogP contribution >= 0.6 is 0 Å². The third kappa shape index (κ3) is 3.52. The van der Waals surface area contributed by atoms with Gasteiger partial charge in [0.25, 0.3) is 11.8 Å². The van der Waals surface area contributed by atoms with Gasteiger partial charge in [0.2, 0.25) is 5.91 Å². The monoisotopic (exact) mass is 350 g/mol. The maximum absolute atomic E-state index is 12.4. The van der Waals surface area contributed by atoms with E-state index in [1.807, 2.05) is 44.2 Å². The molecule has 2 aromatic carbocycles. The molecule has 0 atom stereocenters. The second kappa shape index (κ2) is 7.12. The van der Waals surface area contributed by atoms with Crippen molar-refractivity contribution in [3.63, 3.8) is 0 Å². The summed E-state index contributed by atoms with van der Waals surface area (Å²) >= 11 is 0. The molecule has 0 bridgehead atoms. The minimum Gasteiger partial charge on any atom is -0.341 e. The van der Waals surface area contributed by atoms with Gasteiger partial charge in [-0.1, -0.05) is 41.5 Å². The molecule has 0 spiro atoms. The normalized spacial score (nSPS) is 13.1. The lowest BCUT2D eigenvalue weighted by Crippen LogP contribution is -2.35. The SMILES string of the molecule is Cc1ccc(CN(C)C(=O)CCN2C(=O)c3ccc(C)cc3C2=O)cc1. The summed E-state index contributed by atoms with van der Waals surface area (Å²) in [5.74, 6) is -0.736. The Morgan fingerprint density at radius 3 is 2.23 bits per heavy atom. The van der Waals surface area contributed by atoms with Crippen molar-refractivity contribution in [1.82, 2.24) is 9.80 Å². The molecule has 3 amide bonds. The molecule has 1 heterocycles. The van der Waals surface area contributed by atoms with Crippen LogP contribution in [0.25, 0.3) is 0 Å². The van der Waals surface area contributed by atoms with Crippen LogP contribution in [0.4, 0.5) is 0 Å². The van der Waals surface area contributed by atoms with E-state index >= 15 is 0 Å². The zero-order valence-electron chi connectivity index (χ0n) is 15.3. The van der Waals surface area contributed by atoms with Crippen molar-refractivity contribution in [2.45, 2.75) is 26.8 Å². The summed E-state index contributed by atoms with van der Waals surface area (Å²) in [5, 5.41) is 0. The van der Waals surface area contributed by atoms with Crippen LogP contribution in [-0.2, 0) is 11.3 Å². The van der Waals surface area contributed by atoms with Crippen molar-refractivity contribution < 1.29 is 14.4 Å². The second-order valence-electron chi connectivity index (χ2n) is 6.80. The van der Waals surface area contributed by atoms with E-state index < -0.39 is 0 Å². The molecule has 3 rings (SSSR count). The molecular formula is C21H22N2O3. The molecule has 2 aromatic rings. The first-order chi connectivity index (χ1) is 12.4. The second-order valence-corrected chi connectivity index (χ2v) is 6.80. The number of amides is 3. The molecule has 0 aliphatic carbocycles. The molecule has 0 saturated carbocycles. The van der Waals surface area contributed by atoms with Gasteiger partial charge in [0.05, 0.1) is 11.1 Å². The number of benzene rings is 2. The standard InChI is InChI=1S/C21H22N2O3/c1-14-4-7-16(8-5-14)13-22(3)19(24)10-11-23-20(25)17-9-6-15(2)12-18(17)21(23)26/h4-9,12H,10-11,13H2,1-3H3. The Morgan fingerprint density at radius 2 is 1.54 bits per heavy atom. The first-order valence-corrected chi connectivity index (χ1v) is 8.63. The summed E-state index contributed by atoms with van der Waals surface area (Å²) in [6, 6.07) is 13.2. The van der Waals surface area contributed by atoms with Crippen LogP contribution in [-0.4, -0.2) is 41.1 Å². The van der Waals surface area contributed by atoms with Crippen molar-refractivity contribution in [3.8, 4) is 0 Å². The summed E-state index contributed by atoms with van der Waals surface area (Å²) in [6.07, 6.45) is 0.118. The van der Waals surface area contributed by atoms with E-state index in [1.165, 1.54) is 10.5 Å². The maximum Gasteiger partial charge on any atom is 0.261 e. The Labute approximate surface area is 153 Å². The minimum absolute atomic E-state index is 0.0988. The van der Waals surface area contributed by atoms with Crippen LogP contribution in [0, 0.1) is 13.8 Å². The number of rotatable bonds is 5. The molecule has 1 aliphatic rings. The third-order valence-corrected chi connectivity index (χ3v) is 4.64. The lowest BCUT2D eigenvalue weighted by molar-refractivity contribution is -0.130. The molecule has 5 nitrogen and oxygen atoms in total. The highest BCUT2D eigenvalue weighted by Crippen LogP contribution is 2.24. The van der Waals surface area contributed by atoms with Gasteiger partial charge < -0.3 is 4.90 Å². The van der Waals surface area contributed by atoms with Crippen LogP contribution in [0.1, 0.15) is 43.8 Å². The molecule has 5 heteroatoms. The Morgan fingerprint density at radius 1 is 0.923 bits per heavy atom. The summed E-state index contributed by atoms with van der Waals surface area (Å²) in [6.45, 7) is 4.50. The van der Waals surface area contributed by atoms with E-state index in [0.29, 0.717) is 17.7 Å².